The van der Waals surface area contributed by atoms with E-state index in [-0.39, 0.29) is 23.0 Å². The van der Waals surface area contributed by atoms with Gasteiger partial charge in [-0.15, -0.1) is 0 Å². The zero-order valence-corrected chi connectivity index (χ0v) is 15.8. The monoisotopic (exact) mass is 384 g/mol. The lowest BCUT2D eigenvalue weighted by Crippen LogP contribution is -2.34. The molecule has 0 aliphatic heterocycles. The Morgan fingerprint density at radius 1 is 1.14 bits per heavy atom. The second-order valence-electron chi connectivity index (χ2n) is 7.09. The van der Waals surface area contributed by atoms with E-state index < -0.39 is 11.9 Å². The van der Waals surface area contributed by atoms with Gasteiger partial charge in [0.15, 0.2) is 0 Å². The van der Waals surface area contributed by atoms with Crippen molar-refractivity contribution in [1.29, 1.82) is 0 Å². The first kappa shape index (κ1) is 19.4. The van der Waals surface area contributed by atoms with E-state index in [0.717, 1.165) is 4.90 Å². The van der Waals surface area contributed by atoms with Gasteiger partial charge in [0.25, 0.3) is 5.56 Å². The fourth-order valence-electron chi connectivity index (χ4n) is 3.30. The van der Waals surface area contributed by atoms with Crippen LogP contribution in [0.3, 0.4) is 0 Å². The summed E-state index contributed by atoms with van der Waals surface area (Å²) in [5.41, 5.74) is 0.631. The zero-order valence-electron chi connectivity index (χ0n) is 15.8. The molecule has 0 radical (unpaired) electrons. The Morgan fingerprint density at radius 2 is 1.79 bits per heavy atom. The molecule has 1 amide bonds. The van der Waals surface area contributed by atoms with Crippen molar-refractivity contribution in [3.8, 4) is 16.9 Å². The molecular weight excluding hydrogens is 363 g/mol. The molecule has 7 heteroatoms. The topological polar surface area (TPSA) is 82.8 Å². The maximum atomic E-state index is 13.5. The Balaban J connectivity index is 2.54. The van der Waals surface area contributed by atoms with Gasteiger partial charge in [-0.1, -0.05) is 26.0 Å². The molecule has 0 unspecified atom stereocenters. The molecule has 0 aliphatic rings. The maximum Gasteiger partial charge on any atom is 0.412 e. The second-order valence-corrected chi connectivity index (χ2v) is 7.09. The fraction of sp³-hybridized carbons (Fsp3) is 0.238. The predicted molar refractivity (Wildman–Crippen MR) is 107 cm³/mol. The van der Waals surface area contributed by atoms with Crippen LogP contribution in [0.1, 0.15) is 13.8 Å². The smallest absolute Gasteiger partial charge is 0.412 e. The van der Waals surface area contributed by atoms with Crippen LogP contribution in [-0.2, 0) is 6.54 Å². The molecule has 28 heavy (non-hydrogen) atoms. The summed E-state index contributed by atoms with van der Waals surface area (Å²) in [4.78, 5) is 25.9. The Morgan fingerprint density at radius 3 is 2.36 bits per heavy atom. The largest absolute Gasteiger partial charge is 0.508 e. The predicted octanol–water partition coefficient (Wildman–Crippen LogP) is 4.28. The molecule has 3 aromatic rings. The molecule has 6 nitrogen and oxygen atoms in total. The Labute approximate surface area is 161 Å². The van der Waals surface area contributed by atoms with Crippen LogP contribution in [0.5, 0.6) is 5.75 Å². The number of benzene rings is 2. The number of carboxylic acid groups (broad SMARTS) is 1. The van der Waals surface area contributed by atoms with Crippen molar-refractivity contribution in [2.45, 2.75) is 20.4 Å². The number of hydrogen-bond donors (Lipinski definition) is 2. The standard InChI is InChI=1S/C21H21FN2O4/c1-12(2)11-24-19(23(3)21(27)28)18(13-4-6-14(22)7-5-13)17-10-15(25)8-9-16(17)20(24)26/h4-10,12,25H,11H2,1-3H3,(H,27,28). The van der Waals surface area contributed by atoms with Gasteiger partial charge < -0.3 is 10.2 Å². The van der Waals surface area contributed by atoms with Crippen molar-refractivity contribution in [1.82, 2.24) is 4.57 Å². The number of phenols is 1. The Hall–Kier alpha value is -3.35. The number of nitrogens with zero attached hydrogens (tertiary/aromatic N) is 2. The Bertz CT molecular complexity index is 1100. The van der Waals surface area contributed by atoms with Crippen LogP contribution in [0.4, 0.5) is 15.0 Å². The van der Waals surface area contributed by atoms with Gasteiger partial charge in [-0.2, -0.15) is 0 Å². The molecule has 2 aromatic carbocycles. The lowest BCUT2D eigenvalue weighted by Gasteiger charge is -2.25. The number of aromatic hydroxyl groups is 1. The third-order valence-corrected chi connectivity index (χ3v) is 4.51. The summed E-state index contributed by atoms with van der Waals surface area (Å²) in [6, 6.07) is 9.95. The molecule has 2 N–H and O–H groups in total. The van der Waals surface area contributed by atoms with Gasteiger partial charge in [0.1, 0.15) is 17.4 Å². The van der Waals surface area contributed by atoms with E-state index in [1.165, 1.54) is 54.1 Å². The molecule has 0 fully saturated rings. The summed E-state index contributed by atoms with van der Waals surface area (Å²) in [7, 11) is 1.36. The van der Waals surface area contributed by atoms with E-state index in [9.17, 15) is 24.2 Å². The van der Waals surface area contributed by atoms with Crippen molar-refractivity contribution in [3.63, 3.8) is 0 Å². The van der Waals surface area contributed by atoms with E-state index in [2.05, 4.69) is 0 Å². The van der Waals surface area contributed by atoms with Gasteiger partial charge in [-0.05, 0) is 41.8 Å². The van der Waals surface area contributed by atoms with E-state index in [1.807, 2.05) is 13.8 Å². The molecule has 3 rings (SSSR count). The van der Waals surface area contributed by atoms with Gasteiger partial charge in [-0.25, -0.2) is 9.18 Å². The number of fused-ring (bicyclic) bond motifs is 1. The third kappa shape index (κ3) is 3.43. The summed E-state index contributed by atoms with van der Waals surface area (Å²) in [6.45, 7) is 4.15. The number of halogens is 1. The Kier molecular flexibility index (Phi) is 5.09. The highest BCUT2D eigenvalue weighted by Gasteiger charge is 2.24. The number of hydrogen-bond acceptors (Lipinski definition) is 3. The van der Waals surface area contributed by atoms with Crippen LogP contribution >= 0.6 is 0 Å². The molecule has 0 aliphatic carbocycles. The molecule has 0 atom stereocenters. The van der Waals surface area contributed by atoms with Crippen molar-refractivity contribution in [2.75, 3.05) is 11.9 Å². The zero-order chi connectivity index (χ0) is 20.6. The average molecular weight is 384 g/mol. The van der Waals surface area contributed by atoms with Gasteiger partial charge in [-0.3, -0.25) is 14.3 Å². The fourth-order valence-corrected chi connectivity index (χ4v) is 3.30. The second kappa shape index (κ2) is 7.34. The van der Waals surface area contributed by atoms with E-state index in [1.54, 1.807) is 0 Å². The summed E-state index contributed by atoms with van der Waals surface area (Å²) in [5, 5.41) is 20.4. The minimum atomic E-state index is -1.24. The highest BCUT2D eigenvalue weighted by Crippen LogP contribution is 2.37. The maximum absolute atomic E-state index is 13.5. The van der Waals surface area contributed by atoms with Crippen LogP contribution in [0.2, 0.25) is 0 Å². The molecule has 1 aromatic heterocycles. The molecular formula is C21H21FN2O4. The first-order valence-corrected chi connectivity index (χ1v) is 8.82. The molecule has 146 valence electrons. The number of rotatable bonds is 4. The number of carbonyl (C=O) groups is 1. The molecule has 0 spiro atoms. The van der Waals surface area contributed by atoms with Crippen molar-refractivity contribution in [3.05, 3.63) is 58.6 Å². The number of aromatic nitrogens is 1. The van der Waals surface area contributed by atoms with Crippen LogP contribution < -0.4 is 10.5 Å². The number of phenolic OH excluding ortho intramolecular Hbond substituents is 1. The average Bonchev–Trinajstić information content (AvgIpc) is 2.63. The number of anilines is 1. The first-order valence-electron chi connectivity index (χ1n) is 8.82. The molecule has 0 saturated carbocycles. The van der Waals surface area contributed by atoms with Crippen LogP contribution in [0, 0.1) is 11.7 Å². The minimum Gasteiger partial charge on any atom is -0.508 e. The quantitative estimate of drug-likeness (QED) is 0.703. The lowest BCUT2D eigenvalue weighted by molar-refractivity contribution is 0.203. The van der Waals surface area contributed by atoms with Crippen LogP contribution in [0.15, 0.2) is 47.3 Å². The van der Waals surface area contributed by atoms with E-state index in [4.69, 9.17) is 0 Å². The molecule has 0 bridgehead atoms. The van der Waals surface area contributed by atoms with Gasteiger partial charge >= 0.3 is 6.09 Å². The van der Waals surface area contributed by atoms with Gasteiger partial charge in [0.2, 0.25) is 0 Å². The van der Waals surface area contributed by atoms with Crippen LogP contribution in [-0.4, -0.2) is 27.9 Å². The highest BCUT2D eigenvalue weighted by atomic mass is 19.1. The van der Waals surface area contributed by atoms with E-state index >= 15 is 0 Å². The third-order valence-electron chi connectivity index (χ3n) is 4.51. The normalized spacial score (nSPS) is 11.2. The summed E-state index contributed by atoms with van der Waals surface area (Å²) < 4.78 is 14.9. The van der Waals surface area contributed by atoms with Gasteiger partial charge in [0, 0.05) is 29.9 Å². The SMILES string of the molecule is CC(C)Cn1c(N(C)C(=O)O)c(-c2ccc(F)cc2)c2cc(O)ccc2c1=O. The van der Waals surface area contributed by atoms with E-state index in [0.29, 0.717) is 28.4 Å². The van der Waals surface area contributed by atoms with Crippen molar-refractivity contribution < 1.29 is 19.4 Å². The summed E-state index contributed by atoms with van der Waals surface area (Å²) >= 11 is 0. The first-order chi connectivity index (χ1) is 13.2. The summed E-state index contributed by atoms with van der Waals surface area (Å²) in [5.74, 6) is -0.231. The minimum absolute atomic E-state index is 0.0548. The van der Waals surface area contributed by atoms with Crippen molar-refractivity contribution >= 4 is 22.7 Å². The highest BCUT2D eigenvalue weighted by molar-refractivity contribution is 6.05. The number of pyridine rings is 1. The number of amides is 1. The summed E-state index contributed by atoms with van der Waals surface area (Å²) in [6.07, 6.45) is -1.24. The van der Waals surface area contributed by atoms with Gasteiger partial charge in [0.05, 0.1) is 0 Å². The molecule has 1 heterocycles. The lowest BCUT2D eigenvalue weighted by atomic mass is 9.98. The van der Waals surface area contributed by atoms with Crippen molar-refractivity contribution in [2.24, 2.45) is 5.92 Å². The van der Waals surface area contributed by atoms with Crippen LogP contribution in [0.25, 0.3) is 21.9 Å². The molecule has 0 saturated heterocycles.